The second kappa shape index (κ2) is 7.22. The van der Waals surface area contributed by atoms with E-state index in [4.69, 9.17) is 4.74 Å². The quantitative estimate of drug-likeness (QED) is 0.846. The van der Waals surface area contributed by atoms with Crippen LogP contribution in [-0.4, -0.2) is 11.7 Å². The molecule has 0 aromatic heterocycles. The van der Waals surface area contributed by atoms with Gasteiger partial charge in [-0.15, -0.1) is 0 Å². The monoisotopic (exact) mass is 307 g/mol. The van der Waals surface area contributed by atoms with Gasteiger partial charge in [0.2, 0.25) is 0 Å². The summed E-state index contributed by atoms with van der Waals surface area (Å²) in [6.07, 6.45) is 0. The Hall–Kier alpha value is -2.14. The molecule has 3 nitrogen and oxygen atoms in total. The first kappa shape index (κ1) is 16.2. The van der Waals surface area contributed by atoms with Crippen molar-refractivity contribution in [2.45, 2.75) is 26.5 Å². The second-order valence-electron chi connectivity index (χ2n) is 4.91. The van der Waals surface area contributed by atoms with Gasteiger partial charge in [0, 0.05) is 16.8 Å². The van der Waals surface area contributed by atoms with Gasteiger partial charge < -0.3 is 15.2 Å². The van der Waals surface area contributed by atoms with Crippen LogP contribution in [0.25, 0.3) is 0 Å². The van der Waals surface area contributed by atoms with Crippen LogP contribution >= 0.6 is 0 Å². The van der Waals surface area contributed by atoms with Crippen molar-refractivity contribution >= 4 is 5.69 Å². The van der Waals surface area contributed by atoms with E-state index < -0.39 is 17.7 Å². The molecule has 5 heteroatoms. The van der Waals surface area contributed by atoms with Crippen molar-refractivity contribution in [2.24, 2.45) is 0 Å². The molecule has 22 heavy (non-hydrogen) atoms. The molecule has 0 aliphatic rings. The van der Waals surface area contributed by atoms with Crippen molar-refractivity contribution in [3.8, 4) is 5.75 Å². The van der Waals surface area contributed by atoms with Gasteiger partial charge in [-0.25, -0.2) is 8.78 Å². The molecule has 0 spiro atoms. The van der Waals surface area contributed by atoms with Gasteiger partial charge in [-0.05, 0) is 44.2 Å². The Balaban J connectivity index is 2.23. The van der Waals surface area contributed by atoms with E-state index in [-0.39, 0.29) is 12.2 Å². The molecule has 0 aliphatic carbocycles. The molecular formula is C17H19F2NO2. The summed E-state index contributed by atoms with van der Waals surface area (Å²) < 4.78 is 33.0. The van der Waals surface area contributed by atoms with Crippen LogP contribution in [0.4, 0.5) is 14.5 Å². The summed E-state index contributed by atoms with van der Waals surface area (Å²) in [5.41, 5.74) is 1.26. The average Bonchev–Trinajstić information content (AvgIpc) is 2.48. The molecule has 0 amide bonds. The molecule has 118 valence electrons. The van der Waals surface area contributed by atoms with Gasteiger partial charge >= 0.3 is 0 Å². The number of halogens is 2. The largest absolute Gasteiger partial charge is 0.494 e. The Bertz CT molecular complexity index is 626. The van der Waals surface area contributed by atoms with Crippen molar-refractivity contribution in [1.29, 1.82) is 0 Å². The molecule has 0 heterocycles. The zero-order valence-corrected chi connectivity index (χ0v) is 12.6. The summed E-state index contributed by atoms with van der Waals surface area (Å²) in [6.45, 7) is 3.86. The predicted molar refractivity (Wildman–Crippen MR) is 81.9 cm³/mol. The van der Waals surface area contributed by atoms with E-state index in [0.717, 1.165) is 0 Å². The number of anilines is 1. The van der Waals surface area contributed by atoms with Crippen LogP contribution in [-0.2, 0) is 6.61 Å². The van der Waals surface area contributed by atoms with Gasteiger partial charge in [0.25, 0.3) is 0 Å². The Kier molecular flexibility index (Phi) is 5.33. The normalized spacial score (nSPS) is 12.0. The molecular weight excluding hydrogens is 288 g/mol. The summed E-state index contributed by atoms with van der Waals surface area (Å²) in [7, 11) is 0. The number of rotatable bonds is 6. The maximum Gasteiger partial charge on any atom is 0.131 e. The van der Waals surface area contributed by atoms with Crippen LogP contribution < -0.4 is 10.1 Å². The first-order chi connectivity index (χ1) is 10.6. The Labute approximate surface area is 128 Å². The van der Waals surface area contributed by atoms with E-state index in [1.807, 2.05) is 6.92 Å². The molecule has 2 aromatic rings. The van der Waals surface area contributed by atoms with Crippen LogP contribution in [0.15, 0.2) is 36.4 Å². The lowest BCUT2D eigenvalue weighted by Crippen LogP contribution is -2.11. The minimum Gasteiger partial charge on any atom is -0.494 e. The zero-order valence-electron chi connectivity index (χ0n) is 12.6. The van der Waals surface area contributed by atoms with Gasteiger partial charge in [0.15, 0.2) is 0 Å². The van der Waals surface area contributed by atoms with E-state index in [0.29, 0.717) is 23.6 Å². The van der Waals surface area contributed by atoms with E-state index >= 15 is 0 Å². The number of ether oxygens (including phenoxy) is 1. The van der Waals surface area contributed by atoms with Gasteiger partial charge in [0.05, 0.1) is 19.3 Å². The third kappa shape index (κ3) is 3.54. The molecule has 0 bridgehead atoms. The Morgan fingerprint density at radius 1 is 1.18 bits per heavy atom. The fraction of sp³-hybridized carbons (Fsp3) is 0.294. The molecule has 1 unspecified atom stereocenters. The number of aliphatic hydroxyl groups excluding tert-OH is 1. The fourth-order valence-corrected chi connectivity index (χ4v) is 2.34. The van der Waals surface area contributed by atoms with Crippen LogP contribution in [0.5, 0.6) is 5.75 Å². The molecule has 2 N–H and O–H groups in total. The van der Waals surface area contributed by atoms with Gasteiger partial charge in [-0.1, -0.05) is 6.07 Å². The van der Waals surface area contributed by atoms with E-state index in [2.05, 4.69) is 5.32 Å². The minimum absolute atomic E-state index is 0.0121. The molecule has 0 saturated heterocycles. The van der Waals surface area contributed by atoms with E-state index in [1.54, 1.807) is 25.1 Å². The first-order valence-electron chi connectivity index (χ1n) is 7.13. The van der Waals surface area contributed by atoms with Gasteiger partial charge in [-0.2, -0.15) is 0 Å². The standard InChI is InChI=1S/C17H19F2NO2/c1-3-22-16-8-7-13(9-12(16)10-21)20-11(2)17-14(18)5-4-6-15(17)19/h4-9,11,20-21H,3,10H2,1-2H3. The molecule has 2 aromatic carbocycles. The molecule has 1 atom stereocenters. The van der Waals surface area contributed by atoms with Crippen LogP contribution in [0, 0.1) is 11.6 Å². The average molecular weight is 307 g/mol. The lowest BCUT2D eigenvalue weighted by molar-refractivity contribution is 0.267. The number of benzene rings is 2. The molecule has 0 saturated carbocycles. The number of aliphatic hydroxyl groups is 1. The maximum atomic E-state index is 13.8. The number of hydrogen-bond donors (Lipinski definition) is 2. The van der Waals surface area contributed by atoms with Gasteiger partial charge in [-0.3, -0.25) is 0 Å². The van der Waals surface area contributed by atoms with Crippen LogP contribution in [0.3, 0.4) is 0 Å². The van der Waals surface area contributed by atoms with Crippen molar-refractivity contribution in [1.82, 2.24) is 0 Å². The summed E-state index contributed by atoms with van der Waals surface area (Å²) >= 11 is 0. The van der Waals surface area contributed by atoms with E-state index in [1.165, 1.54) is 18.2 Å². The zero-order chi connectivity index (χ0) is 16.1. The highest BCUT2D eigenvalue weighted by Gasteiger charge is 2.16. The number of hydrogen-bond acceptors (Lipinski definition) is 3. The molecule has 0 radical (unpaired) electrons. The fourth-order valence-electron chi connectivity index (χ4n) is 2.34. The lowest BCUT2D eigenvalue weighted by atomic mass is 10.1. The maximum absolute atomic E-state index is 13.8. The highest BCUT2D eigenvalue weighted by molar-refractivity contribution is 5.52. The SMILES string of the molecule is CCOc1ccc(NC(C)c2c(F)cccc2F)cc1CO. The lowest BCUT2D eigenvalue weighted by Gasteiger charge is -2.18. The molecule has 0 aliphatic heterocycles. The third-order valence-corrected chi connectivity index (χ3v) is 3.35. The summed E-state index contributed by atoms with van der Waals surface area (Å²) in [5, 5.41) is 12.4. The van der Waals surface area contributed by atoms with Crippen LogP contribution in [0.2, 0.25) is 0 Å². The number of nitrogens with one attached hydrogen (secondary N) is 1. The smallest absolute Gasteiger partial charge is 0.131 e. The first-order valence-corrected chi connectivity index (χ1v) is 7.13. The molecule has 2 rings (SSSR count). The Morgan fingerprint density at radius 2 is 1.86 bits per heavy atom. The van der Waals surface area contributed by atoms with Crippen molar-refractivity contribution < 1.29 is 18.6 Å². The summed E-state index contributed by atoms with van der Waals surface area (Å²) in [6, 6.07) is 8.43. The highest BCUT2D eigenvalue weighted by Crippen LogP contribution is 2.28. The van der Waals surface area contributed by atoms with Crippen molar-refractivity contribution in [2.75, 3.05) is 11.9 Å². The van der Waals surface area contributed by atoms with Crippen LogP contribution in [0.1, 0.15) is 31.0 Å². The minimum atomic E-state index is -0.590. The van der Waals surface area contributed by atoms with Crippen molar-refractivity contribution in [3.05, 3.63) is 59.2 Å². The topological polar surface area (TPSA) is 41.5 Å². The second-order valence-corrected chi connectivity index (χ2v) is 4.91. The molecule has 0 fully saturated rings. The summed E-state index contributed by atoms with van der Waals surface area (Å²) in [5.74, 6) is -0.582. The predicted octanol–water partition coefficient (Wildman–Crippen LogP) is 4.03. The Morgan fingerprint density at radius 3 is 2.45 bits per heavy atom. The summed E-state index contributed by atoms with van der Waals surface area (Å²) in [4.78, 5) is 0. The van der Waals surface area contributed by atoms with Crippen molar-refractivity contribution in [3.63, 3.8) is 0 Å². The van der Waals surface area contributed by atoms with E-state index in [9.17, 15) is 13.9 Å². The third-order valence-electron chi connectivity index (χ3n) is 3.35. The van der Waals surface area contributed by atoms with Gasteiger partial charge in [0.1, 0.15) is 17.4 Å². The highest BCUT2D eigenvalue weighted by atomic mass is 19.1.